The van der Waals surface area contributed by atoms with Crippen molar-refractivity contribution in [1.29, 1.82) is 0 Å². The van der Waals surface area contributed by atoms with E-state index in [9.17, 15) is 18.5 Å². The molecule has 0 unspecified atom stereocenters. The van der Waals surface area contributed by atoms with E-state index in [1.54, 1.807) is 11.4 Å². The third-order valence-electron chi connectivity index (χ3n) is 2.24. The molecular formula is C10H9N3O4S2. The fourth-order valence-corrected chi connectivity index (χ4v) is 3.43. The van der Waals surface area contributed by atoms with E-state index >= 15 is 0 Å². The van der Waals surface area contributed by atoms with Crippen LogP contribution < -0.4 is 10.5 Å². The van der Waals surface area contributed by atoms with Gasteiger partial charge in [0.15, 0.2) is 0 Å². The molecule has 1 heterocycles. The Balaban J connectivity index is 2.35. The summed E-state index contributed by atoms with van der Waals surface area (Å²) >= 11 is 1.05. The van der Waals surface area contributed by atoms with E-state index in [0.29, 0.717) is 0 Å². The minimum atomic E-state index is -3.72. The highest BCUT2D eigenvalue weighted by molar-refractivity contribution is 7.94. The molecule has 0 fully saturated rings. The first kappa shape index (κ1) is 13.3. The Hall–Kier alpha value is -2.13. The summed E-state index contributed by atoms with van der Waals surface area (Å²) in [6, 6.07) is 6.78. The highest BCUT2D eigenvalue weighted by Crippen LogP contribution is 2.27. The number of nitrogen functional groups attached to an aromatic ring is 1. The van der Waals surface area contributed by atoms with E-state index in [-0.39, 0.29) is 21.3 Å². The van der Waals surface area contributed by atoms with E-state index < -0.39 is 14.9 Å². The van der Waals surface area contributed by atoms with Crippen molar-refractivity contribution in [2.24, 2.45) is 0 Å². The summed E-state index contributed by atoms with van der Waals surface area (Å²) in [5, 5.41) is 12.3. The van der Waals surface area contributed by atoms with Gasteiger partial charge < -0.3 is 5.73 Å². The fourth-order valence-electron chi connectivity index (χ4n) is 1.39. The predicted molar refractivity (Wildman–Crippen MR) is 72.6 cm³/mol. The maximum atomic E-state index is 11.9. The molecule has 3 N–H and O–H groups in total. The zero-order valence-electron chi connectivity index (χ0n) is 9.44. The lowest BCUT2D eigenvalue weighted by Gasteiger charge is -2.06. The molecule has 0 aliphatic heterocycles. The molecule has 7 nitrogen and oxygen atoms in total. The molecular weight excluding hydrogens is 290 g/mol. The fraction of sp³-hybridized carbons (Fsp3) is 0. The van der Waals surface area contributed by atoms with Crippen LogP contribution >= 0.6 is 11.3 Å². The number of nitrogens with two attached hydrogens (primary N) is 1. The van der Waals surface area contributed by atoms with Crippen LogP contribution in [0.3, 0.4) is 0 Å². The van der Waals surface area contributed by atoms with E-state index in [0.717, 1.165) is 17.4 Å². The number of nitro benzene ring substituents is 1. The Kier molecular flexibility index (Phi) is 3.40. The SMILES string of the molecule is Nc1ccc(NS(=O)(=O)c2cccs2)cc1[N+](=O)[O-]. The number of hydrogen-bond acceptors (Lipinski definition) is 6. The monoisotopic (exact) mass is 299 g/mol. The quantitative estimate of drug-likeness (QED) is 0.509. The first-order valence-corrected chi connectivity index (χ1v) is 7.37. The van der Waals surface area contributed by atoms with Crippen molar-refractivity contribution in [3.8, 4) is 0 Å². The van der Waals surface area contributed by atoms with Gasteiger partial charge in [-0.15, -0.1) is 11.3 Å². The lowest BCUT2D eigenvalue weighted by atomic mass is 10.2. The summed E-state index contributed by atoms with van der Waals surface area (Å²) in [6.45, 7) is 0. The minimum Gasteiger partial charge on any atom is -0.393 e. The lowest BCUT2D eigenvalue weighted by molar-refractivity contribution is -0.383. The topological polar surface area (TPSA) is 115 Å². The van der Waals surface area contributed by atoms with Gasteiger partial charge >= 0.3 is 0 Å². The molecule has 0 atom stereocenters. The van der Waals surface area contributed by atoms with Gasteiger partial charge in [-0.3, -0.25) is 14.8 Å². The van der Waals surface area contributed by atoms with E-state index in [1.807, 2.05) is 0 Å². The molecule has 1 aromatic carbocycles. The Morgan fingerprint density at radius 3 is 2.63 bits per heavy atom. The summed E-state index contributed by atoms with van der Waals surface area (Å²) in [5.74, 6) is 0. The van der Waals surface area contributed by atoms with E-state index in [4.69, 9.17) is 5.73 Å². The molecule has 0 bridgehead atoms. The summed E-state index contributed by atoms with van der Waals surface area (Å²) in [7, 11) is -3.72. The Labute approximate surface area is 112 Å². The largest absolute Gasteiger partial charge is 0.393 e. The van der Waals surface area contributed by atoms with Crippen LogP contribution in [-0.2, 0) is 10.0 Å². The highest BCUT2D eigenvalue weighted by Gasteiger charge is 2.18. The van der Waals surface area contributed by atoms with Crippen molar-refractivity contribution in [1.82, 2.24) is 0 Å². The Morgan fingerprint density at radius 1 is 1.32 bits per heavy atom. The number of anilines is 2. The highest BCUT2D eigenvalue weighted by atomic mass is 32.2. The average Bonchev–Trinajstić information content (AvgIpc) is 2.85. The van der Waals surface area contributed by atoms with E-state index in [1.165, 1.54) is 18.2 Å². The first-order valence-electron chi connectivity index (χ1n) is 5.00. The number of rotatable bonds is 4. The van der Waals surface area contributed by atoms with Crippen LogP contribution in [0.1, 0.15) is 0 Å². The third kappa shape index (κ3) is 2.83. The van der Waals surface area contributed by atoms with Gasteiger partial charge in [0.2, 0.25) is 0 Å². The molecule has 0 amide bonds. The van der Waals surface area contributed by atoms with Crippen LogP contribution in [0.15, 0.2) is 39.9 Å². The van der Waals surface area contributed by atoms with Crippen LogP contribution in [0.5, 0.6) is 0 Å². The van der Waals surface area contributed by atoms with Crippen LogP contribution in [0, 0.1) is 10.1 Å². The minimum absolute atomic E-state index is 0.0240. The molecule has 0 saturated carbocycles. The van der Waals surface area contributed by atoms with Crippen LogP contribution in [-0.4, -0.2) is 13.3 Å². The van der Waals surface area contributed by atoms with Gasteiger partial charge in [0.05, 0.1) is 10.6 Å². The molecule has 19 heavy (non-hydrogen) atoms. The first-order chi connectivity index (χ1) is 8.90. The summed E-state index contributed by atoms with van der Waals surface area (Å²) in [5.41, 5.74) is 5.16. The number of nitrogens with one attached hydrogen (secondary N) is 1. The Morgan fingerprint density at radius 2 is 2.05 bits per heavy atom. The molecule has 100 valence electrons. The van der Waals surface area contributed by atoms with Crippen molar-refractivity contribution in [3.63, 3.8) is 0 Å². The van der Waals surface area contributed by atoms with Gasteiger partial charge in [0.1, 0.15) is 9.90 Å². The van der Waals surface area contributed by atoms with E-state index in [2.05, 4.69) is 4.72 Å². The third-order valence-corrected chi connectivity index (χ3v) is 5.02. The molecule has 1 aromatic heterocycles. The second-order valence-corrected chi connectivity index (χ2v) is 6.43. The summed E-state index contributed by atoms with van der Waals surface area (Å²) in [4.78, 5) is 10.1. The maximum absolute atomic E-state index is 11.9. The van der Waals surface area contributed by atoms with Crippen LogP contribution in [0.4, 0.5) is 17.1 Å². The Bertz CT molecular complexity index is 710. The van der Waals surface area contributed by atoms with Crippen LogP contribution in [0.2, 0.25) is 0 Å². The van der Waals surface area contributed by atoms with Gasteiger partial charge in [-0.1, -0.05) is 6.07 Å². The predicted octanol–water partition coefficient (Wildman–Crippen LogP) is 2.04. The standard InChI is InChI=1S/C10H9N3O4S2/c11-8-4-3-7(6-9(8)13(14)15)12-19(16,17)10-2-1-5-18-10/h1-6,12H,11H2. The zero-order chi connectivity index (χ0) is 14.0. The summed E-state index contributed by atoms with van der Waals surface area (Å²) < 4.78 is 26.3. The van der Waals surface area contributed by atoms with Crippen molar-refractivity contribution >= 4 is 38.4 Å². The number of benzene rings is 1. The molecule has 0 aliphatic rings. The smallest absolute Gasteiger partial charge is 0.294 e. The number of hydrogen-bond donors (Lipinski definition) is 2. The van der Waals surface area contributed by atoms with Crippen LogP contribution in [0.25, 0.3) is 0 Å². The molecule has 0 aliphatic carbocycles. The molecule has 0 radical (unpaired) electrons. The summed E-state index contributed by atoms with van der Waals surface area (Å²) in [6.07, 6.45) is 0. The molecule has 2 aromatic rings. The van der Waals surface area contributed by atoms with Crippen molar-refractivity contribution in [3.05, 3.63) is 45.8 Å². The van der Waals surface area contributed by atoms with Crippen molar-refractivity contribution in [2.75, 3.05) is 10.5 Å². The van der Waals surface area contributed by atoms with Crippen molar-refractivity contribution < 1.29 is 13.3 Å². The molecule has 2 rings (SSSR count). The maximum Gasteiger partial charge on any atom is 0.294 e. The van der Waals surface area contributed by atoms with Gasteiger partial charge in [-0.05, 0) is 23.6 Å². The number of nitro groups is 1. The normalized spacial score (nSPS) is 11.2. The van der Waals surface area contributed by atoms with Gasteiger partial charge in [-0.2, -0.15) is 0 Å². The molecule has 0 saturated heterocycles. The van der Waals surface area contributed by atoms with Gasteiger partial charge in [0, 0.05) is 6.07 Å². The zero-order valence-corrected chi connectivity index (χ0v) is 11.1. The van der Waals surface area contributed by atoms with Gasteiger partial charge in [-0.25, -0.2) is 8.42 Å². The second kappa shape index (κ2) is 4.86. The van der Waals surface area contributed by atoms with Gasteiger partial charge in [0.25, 0.3) is 15.7 Å². The molecule has 0 spiro atoms. The molecule has 9 heteroatoms. The number of nitrogens with zero attached hydrogens (tertiary/aromatic N) is 1. The lowest BCUT2D eigenvalue weighted by Crippen LogP contribution is -2.11. The number of sulfonamides is 1. The average molecular weight is 299 g/mol. The number of thiophene rings is 1. The second-order valence-electron chi connectivity index (χ2n) is 3.57. The van der Waals surface area contributed by atoms with Crippen molar-refractivity contribution in [2.45, 2.75) is 4.21 Å².